The number of anilines is 1. The Labute approximate surface area is 123 Å². The minimum Gasteiger partial charge on any atom is -0.476 e. The van der Waals surface area contributed by atoms with Crippen molar-refractivity contribution in [1.29, 1.82) is 0 Å². The van der Waals surface area contributed by atoms with Crippen LogP contribution in [0.15, 0.2) is 18.5 Å². The Morgan fingerprint density at radius 1 is 1.33 bits per heavy atom. The van der Waals surface area contributed by atoms with Gasteiger partial charge in [0.1, 0.15) is 0 Å². The van der Waals surface area contributed by atoms with E-state index in [2.05, 4.69) is 15.1 Å². The summed E-state index contributed by atoms with van der Waals surface area (Å²) in [6.45, 7) is 5.45. The molecule has 0 aliphatic heterocycles. The minimum absolute atomic E-state index is 0.0221. The highest BCUT2D eigenvalue weighted by Crippen LogP contribution is 2.13. The summed E-state index contributed by atoms with van der Waals surface area (Å²) in [5, 5.41) is 13.5. The van der Waals surface area contributed by atoms with Crippen LogP contribution in [0, 0.1) is 13.8 Å². The molecule has 0 aromatic carbocycles. The molecule has 0 spiro atoms. The molecular formula is C14H19N5O2. The van der Waals surface area contributed by atoms with Crippen molar-refractivity contribution < 1.29 is 9.90 Å². The summed E-state index contributed by atoms with van der Waals surface area (Å²) >= 11 is 0. The second kappa shape index (κ2) is 6.34. The van der Waals surface area contributed by atoms with Gasteiger partial charge in [0.15, 0.2) is 11.5 Å². The van der Waals surface area contributed by atoms with Crippen molar-refractivity contribution in [2.75, 3.05) is 18.5 Å². The van der Waals surface area contributed by atoms with Crippen LogP contribution >= 0.6 is 0 Å². The second-order valence-electron chi connectivity index (χ2n) is 4.96. The van der Waals surface area contributed by atoms with Crippen molar-refractivity contribution in [3.05, 3.63) is 35.5 Å². The molecule has 7 nitrogen and oxygen atoms in total. The summed E-state index contributed by atoms with van der Waals surface area (Å²) in [5.41, 5.74) is 2.11. The van der Waals surface area contributed by atoms with Gasteiger partial charge in [-0.15, -0.1) is 0 Å². The third kappa shape index (κ3) is 3.56. The number of aryl methyl sites for hydroxylation is 3. The molecule has 21 heavy (non-hydrogen) atoms. The maximum absolute atomic E-state index is 11.1. The van der Waals surface area contributed by atoms with Gasteiger partial charge in [-0.2, -0.15) is 5.10 Å². The topological polar surface area (TPSA) is 84.1 Å². The van der Waals surface area contributed by atoms with Gasteiger partial charge in [-0.05, 0) is 26.3 Å². The van der Waals surface area contributed by atoms with Crippen LogP contribution in [-0.2, 0) is 6.54 Å². The average Bonchev–Trinajstić information content (AvgIpc) is 2.77. The van der Waals surface area contributed by atoms with E-state index in [9.17, 15) is 4.79 Å². The van der Waals surface area contributed by atoms with E-state index in [1.54, 1.807) is 0 Å². The van der Waals surface area contributed by atoms with E-state index in [0.29, 0.717) is 12.4 Å². The van der Waals surface area contributed by atoms with Gasteiger partial charge in [-0.3, -0.25) is 4.68 Å². The van der Waals surface area contributed by atoms with Gasteiger partial charge in [0.2, 0.25) is 0 Å². The number of aromatic carboxylic acids is 1. The molecule has 0 aliphatic rings. The van der Waals surface area contributed by atoms with Crippen LogP contribution in [0.2, 0.25) is 0 Å². The number of carbonyl (C=O) groups is 1. The van der Waals surface area contributed by atoms with Crippen LogP contribution < -0.4 is 4.90 Å². The Balaban J connectivity index is 1.98. The van der Waals surface area contributed by atoms with Crippen molar-refractivity contribution in [3.63, 3.8) is 0 Å². The SMILES string of the molecule is Cc1cc(C)n(CCCN(C)c2nccnc2C(=O)O)n1. The summed E-state index contributed by atoms with van der Waals surface area (Å²) in [7, 11) is 1.82. The first-order valence-electron chi connectivity index (χ1n) is 6.75. The molecule has 0 unspecified atom stereocenters. The zero-order chi connectivity index (χ0) is 15.4. The Kier molecular flexibility index (Phi) is 4.52. The Morgan fingerprint density at radius 3 is 2.67 bits per heavy atom. The smallest absolute Gasteiger partial charge is 0.358 e. The predicted molar refractivity (Wildman–Crippen MR) is 78.6 cm³/mol. The van der Waals surface area contributed by atoms with E-state index in [0.717, 1.165) is 24.4 Å². The molecule has 7 heteroatoms. The normalized spacial score (nSPS) is 10.6. The third-order valence-electron chi connectivity index (χ3n) is 3.21. The zero-order valence-electron chi connectivity index (χ0n) is 12.4. The fourth-order valence-corrected chi connectivity index (χ4v) is 2.23. The van der Waals surface area contributed by atoms with Crippen LogP contribution in [0.1, 0.15) is 28.3 Å². The largest absolute Gasteiger partial charge is 0.476 e. The molecule has 0 fully saturated rings. The van der Waals surface area contributed by atoms with Crippen LogP contribution in [-0.4, -0.2) is 44.4 Å². The monoisotopic (exact) mass is 289 g/mol. The van der Waals surface area contributed by atoms with Gasteiger partial charge in [-0.25, -0.2) is 14.8 Å². The Hall–Kier alpha value is -2.44. The number of rotatable bonds is 6. The molecule has 0 bridgehead atoms. The molecule has 2 aromatic heterocycles. The number of hydrogen-bond acceptors (Lipinski definition) is 5. The van der Waals surface area contributed by atoms with Crippen LogP contribution in [0.3, 0.4) is 0 Å². The number of hydrogen-bond donors (Lipinski definition) is 1. The molecule has 0 amide bonds. The summed E-state index contributed by atoms with van der Waals surface area (Å²) in [4.78, 5) is 20.9. The zero-order valence-corrected chi connectivity index (χ0v) is 12.4. The van der Waals surface area contributed by atoms with Gasteiger partial charge >= 0.3 is 5.97 Å². The Morgan fingerprint density at radius 2 is 2.05 bits per heavy atom. The maximum atomic E-state index is 11.1. The van der Waals surface area contributed by atoms with E-state index in [1.165, 1.54) is 12.4 Å². The number of aromatic nitrogens is 4. The quantitative estimate of drug-likeness (QED) is 0.868. The lowest BCUT2D eigenvalue weighted by Gasteiger charge is -2.19. The lowest BCUT2D eigenvalue weighted by atomic mass is 10.3. The third-order valence-corrected chi connectivity index (χ3v) is 3.21. The van der Waals surface area contributed by atoms with E-state index in [4.69, 9.17) is 5.11 Å². The number of carboxylic acid groups (broad SMARTS) is 1. The number of carboxylic acids is 1. The molecule has 0 atom stereocenters. The summed E-state index contributed by atoms with van der Waals surface area (Å²) < 4.78 is 1.96. The Bertz CT molecular complexity index is 638. The van der Waals surface area contributed by atoms with Crippen molar-refractivity contribution >= 4 is 11.8 Å². The van der Waals surface area contributed by atoms with Crippen LogP contribution in [0.25, 0.3) is 0 Å². The highest BCUT2D eigenvalue weighted by atomic mass is 16.4. The molecule has 0 aliphatic carbocycles. The molecule has 2 rings (SSSR count). The number of nitrogens with zero attached hydrogens (tertiary/aromatic N) is 5. The summed E-state index contributed by atoms with van der Waals surface area (Å²) in [5.74, 6) is -0.679. The standard InChI is InChI=1S/C14H19N5O2/c1-10-9-11(2)19(17-10)8-4-7-18(3)13-12(14(20)21)15-5-6-16-13/h5-6,9H,4,7-8H2,1-3H3,(H,20,21). The summed E-state index contributed by atoms with van der Waals surface area (Å²) in [6, 6.07) is 2.04. The van der Waals surface area contributed by atoms with Crippen molar-refractivity contribution in [2.45, 2.75) is 26.8 Å². The van der Waals surface area contributed by atoms with Crippen molar-refractivity contribution in [3.8, 4) is 0 Å². The first-order chi connectivity index (χ1) is 9.99. The lowest BCUT2D eigenvalue weighted by Crippen LogP contribution is -2.24. The first-order valence-corrected chi connectivity index (χ1v) is 6.75. The molecule has 0 radical (unpaired) electrons. The maximum Gasteiger partial charge on any atom is 0.358 e. The molecule has 1 N–H and O–H groups in total. The van der Waals surface area contributed by atoms with E-state index in [1.807, 2.05) is 36.5 Å². The van der Waals surface area contributed by atoms with Gasteiger partial charge in [-0.1, -0.05) is 0 Å². The first kappa shape index (κ1) is 15.0. The van der Waals surface area contributed by atoms with E-state index < -0.39 is 5.97 Å². The van der Waals surface area contributed by atoms with Gasteiger partial charge < -0.3 is 10.0 Å². The van der Waals surface area contributed by atoms with Crippen molar-refractivity contribution in [2.24, 2.45) is 0 Å². The second-order valence-corrected chi connectivity index (χ2v) is 4.96. The fraction of sp³-hybridized carbons (Fsp3) is 0.429. The molecule has 0 saturated heterocycles. The highest BCUT2D eigenvalue weighted by Gasteiger charge is 2.15. The molecular weight excluding hydrogens is 270 g/mol. The van der Waals surface area contributed by atoms with E-state index >= 15 is 0 Å². The van der Waals surface area contributed by atoms with Crippen molar-refractivity contribution in [1.82, 2.24) is 19.7 Å². The highest BCUT2D eigenvalue weighted by molar-refractivity contribution is 5.90. The van der Waals surface area contributed by atoms with Crippen LogP contribution in [0.5, 0.6) is 0 Å². The molecule has 2 heterocycles. The molecule has 0 saturated carbocycles. The minimum atomic E-state index is -1.07. The van der Waals surface area contributed by atoms with Crippen LogP contribution in [0.4, 0.5) is 5.82 Å². The molecule has 2 aromatic rings. The van der Waals surface area contributed by atoms with Gasteiger partial charge in [0.25, 0.3) is 0 Å². The lowest BCUT2D eigenvalue weighted by molar-refractivity contribution is 0.0690. The van der Waals surface area contributed by atoms with Gasteiger partial charge in [0.05, 0.1) is 5.69 Å². The fourth-order valence-electron chi connectivity index (χ4n) is 2.23. The predicted octanol–water partition coefficient (Wildman–Crippen LogP) is 1.51. The summed E-state index contributed by atoms with van der Waals surface area (Å²) in [6.07, 6.45) is 3.73. The van der Waals surface area contributed by atoms with E-state index in [-0.39, 0.29) is 5.69 Å². The van der Waals surface area contributed by atoms with Gasteiger partial charge in [0, 0.05) is 38.2 Å². The molecule has 112 valence electrons. The average molecular weight is 289 g/mol.